The topological polar surface area (TPSA) is 121 Å². The number of aliphatic carboxylic acids is 2. The lowest BCUT2D eigenvalue weighted by molar-refractivity contribution is -0.153. The van der Waals surface area contributed by atoms with Crippen LogP contribution in [0.4, 0.5) is 4.39 Å². The third-order valence-corrected chi connectivity index (χ3v) is 3.53. The number of hydrogen-bond acceptors (Lipinski definition) is 4. The van der Waals surface area contributed by atoms with Gasteiger partial charge >= 0.3 is 11.9 Å². The van der Waals surface area contributed by atoms with Crippen molar-refractivity contribution in [1.82, 2.24) is 0 Å². The molecule has 2 rings (SSSR count). The molecule has 0 aromatic carbocycles. The average molecular weight is 219 g/mol. The van der Waals surface area contributed by atoms with Crippen LogP contribution in [-0.4, -0.2) is 44.6 Å². The number of halogens is 1. The normalized spacial score (nSPS) is 52.3. The molecule has 0 bridgehead atoms. The van der Waals surface area contributed by atoms with E-state index < -0.39 is 41.1 Å². The Morgan fingerprint density at radius 1 is 1.33 bits per heavy atom. The molecular formula is C8H10FNO5. The summed E-state index contributed by atoms with van der Waals surface area (Å²) in [7, 11) is 0. The van der Waals surface area contributed by atoms with Gasteiger partial charge in [0.15, 0.2) is 0 Å². The Hall–Kier alpha value is -1.21. The fraction of sp³-hybridized carbons (Fsp3) is 0.750. The number of aliphatic hydroxyl groups excluding tert-OH is 1. The van der Waals surface area contributed by atoms with Crippen molar-refractivity contribution in [2.75, 3.05) is 0 Å². The van der Waals surface area contributed by atoms with E-state index in [1.54, 1.807) is 0 Å². The monoisotopic (exact) mass is 219 g/mol. The zero-order valence-corrected chi connectivity index (χ0v) is 7.55. The fourth-order valence-electron chi connectivity index (χ4n) is 2.62. The number of alkyl halides is 1. The molecule has 5 N–H and O–H groups in total. The molecule has 7 heteroatoms. The summed E-state index contributed by atoms with van der Waals surface area (Å²) in [5, 5.41) is 26.8. The molecule has 2 fully saturated rings. The van der Waals surface area contributed by atoms with Crippen LogP contribution in [0, 0.1) is 11.8 Å². The predicted octanol–water partition coefficient (Wildman–Crippen LogP) is -1.43. The van der Waals surface area contributed by atoms with E-state index in [1.165, 1.54) is 0 Å². The molecule has 0 spiro atoms. The van der Waals surface area contributed by atoms with Gasteiger partial charge in [0.05, 0.1) is 6.10 Å². The lowest BCUT2D eigenvalue weighted by Gasteiger charge is -2.27. The quantitative estimate of drug-likeness (QED) is 0.452. The summed E-state index contributed by atoms with van der Waals surface area (Å²) in [6, 6.07) is 0. The SMILES string of the molecule is N[C@@]1(C(=O)O)[C@@H](O)C[C@H]2[C@@H]1[C@]2(F)C(=O)O. The van der Waals surface area contributed by atoms with Crippen molar-refractivity contribution < 1.29 is 29.3 Å². The average Bonchev–Trinajstić information content (AvgIpc) is 2.60. The first-order valence-electron chi connectivity index (χ1n) is 4.40. The van der Waals surface area contributed by atoms with Crippen LogP contribution in [0.1, 0.15) is 6.42 Å². The Morgan fingerprint density at radius 3 is 2.27 bits per heavy atom. The summed E-state index contributed by atoms with van der Waals surface area (Å²) in [6.07, 6.45) is -1.62. The summed E-state index contributed by atoms with van der Waals surface area (Å²) in [6.45, 7) is 0. The maximum Gasteiger partial charge on any atom is 0.342 e. The van der Waals surface area contributed by atoms with Gasteiger partial charge in [-0.2, -0.15) is 0 Å². The second-order valence-corrected chi connectivity index (χ2v) is 4.15. The Morgan fingerprint density at radius 2 is 1.87 bits per heavy atom. The Kier molecular flexibility index (Phi) is 1.70. The highest BCUT2D eigenvalue weighted by Gasteiger charge is 2.84. The van der Waals surface area contributed by atoms with Crippen LogP contribution in [0.3, 0.4) is 0 Å². The molecule has 0 unspecified atom stereocenters. The largest absolute Gasteiger partial charge is 0.480 e. The van der Waals surface area contributed by atoms with Crippen LogP contribution >= 0.6 is 0 Å². The Balaban J connectivity index is 2.37. The summed E-state index contributed by atoms with van der Waals surface area (Å²) >= 11 is 0. The standard InChI is InChI=1S/C8H10FNO5/c9-7(5(12)13)2-1-3(11)8(10,4(2)7)6(14)15/h2-4,11H,1,10H2,(H,12,13)(H,14,15)/t2-,3-,4+,7-,8-/m0/s1. The van der Waals surface area contributed by atoms with Crippen LogP contribution in [0.15, 0.2) is 0 Å². The van der Waals surface area contributed by atoms with Crippen molar-refractivity contribution >= 4 is 11.9 Å². The summed E-state index contributed by atoms with van der Waals surface area (Å²) < 4.78 is 13.7. The predicted molar refractivity (Wildman–Crippen MR) is 43.6 cm³/mol. The highest BCUT2D eigenvalue weighted by Crippen LogP contribution is 2.66. The van der Waals surface area contributed by atoms with Crippen molar-refractivity contribution in [1.29, 1.82) is 0 Å². The van der Waals surface area contributed by atoms with E-state index >= 15 is 0 Å². The third kappa shape index (κ3) is 0.895. The molecule has 84 valence electrons. The molecule has 6 nitrogen and oxygen atoms in total. The minimum atomic E-state index is -2.59. The van der Waals surface area contributed by atoms with Crippen molar-refractivity contribution in [3.05, 3.63) is 0 Å². The number of carboxylic acids is 2. The summed E-state index contributed by atoms with van der Waals surface area (Å²) in [4.78, 5) is 21.4. The van der Waals surface area contributed by atoms with E-state index in [9.17, 15) is 19.1 Å². The third-order valence-electron chi connectivity index (χ3n) is 3.53. The van der Waals surface area contributed by atoms with Gasteiger partial charge in [-0.25, -0.2) is 9.18 Å². The molecule has 0 aromatic rings. The van der Waals surface area contributed by atoms with Crippen LogP contribution in [0.5, 0.6) is 0 Å². The highest BCUT2D eigenvalue weighted by molar-refractivity contribution is 5.90. The number of rotatable bonds is 2. The molecule has 2 aliphatic rings. The molecule has 2 aliphatic carbocycles. The number of carbonyl (C=O) groups is 2. The molecule has 0 aromatic heterocycles. The molecular weight excluding hydrogens is 209 g/mol. The number of nitrogens with two attached hydrogens (primary N) is 1. The lowest BCUT2D eigenvalue weighted by atomic mass is 9.88. The van der Waals surface area contributed by atoms with Crippen molar-refractivity contribution in [2.24, 2.45) is 17.6 Å². The summed E-state index contributed by atoms with van der Waals surface area (Å²) in [5.41, 5.74) is 0.617. The van der Waals surface area contributed by atoms with Gasteiger partial charge < -0.3 is 21.1 Å². The smallest absolute Gasteiger partial charge is 0.342 e. The zero-order valence-electron chi connectivity index (χ0n) is 7.55. The second kappa shape index (κ2) is 2.48. The molecule has 0 saturated heterocycles. The molecule has 15 heavy (non-hydrogen) atoms. The fourth-order valence-corrected chi connectivity index (χ4v) is 2.62. The molecule has 0 amide bonds. The Bertz CT molecular complexity index is 361. The van der Waals surface area contributed by atoms with E-state index in [2.05, 4.69) is 0 Å². The van der Waals surface area contributed by atoms with Gasteiger partial charge in [-0.05, 0) is 6.42 Å². The van der Waals surface area contributed by atoms with Gasteiger partial charge in [0, 0.05) is 11.8 Å². The maximum absolute atomic E-state index is 13.7. The summed E-state index contributed by atoms with van der Waals surface area (Å²) in [5.74, 6) is -5.61. The van der Waals surface area contributed by atoms with Crippen LogP contribution in [-0.2, 0) is 9.59 Å². The van der Waals surface area contributed by atoms with E-state index in [-0.39, 0.29) is 6.42 Å². The molecule has 0 radical (unpaired) electrons. The van der Waals surface area contributed by atoms with Crippen LogP contribution in [0.2, 0.25) is 0 Å². The highest BCUT2D eigenvalue weighted by atomic mass is 19.1. The second-order valence-electron chi connectivity index (χ2n) is 4.15. The molecule has 0 heterocycles. The van der Waals surface area contributed by atoms with Crippen molar-refractivity contribution in [2.45, 2.75) is 23.7 Å². The van der Waals surface area contributed by atoms with E-state index in [0.29, 0.717) is 0 Å². The van der Waals surface area contributed by atoms with Gasteiger partial charge in [0.25, 0.3) is 0 Å². The van der Waals surface area contributed by atoms with Gasteiger partial charge in [-0.3, -0.25) is 4.79 Å². The maximum atomic E-state index is 13.7. The van der Waals surface area contributed by atoms with Gasteiger partial charge in [0.1, 0.15) is 5.54 Å². The number of fused-ring (bicyclic) bond motifs is 1. The first-order valence-corrected chi connectivity index (χ1v) is 4.40. The first-order chi connectivity index (χ1) is 6.77. The van der Waals surface area contributed by atoms with E-state index in [1.807, 2.05) is 0 Å². The minimum absolute atomic E-state index is 0.226. The zero-order chi connectivity index (χ0) is 11.6. The van der Waals surface area contributed by atoms with Crippen LogP contribution in [0.25, 0.3) is 0 Å². The van der Waals surface area contributed by atoms with Gasteiger partial charge in [-0.15, -0.1) is 0 Å². The van der Waals surface area contributed by atoms with Gasteiger partial charge in [-0.1, -0.05) is 0 Å². The van der Waals surface area contributed by atoms with Crippen LogP contribution < -0.4 is 5.73 Å². The van der Waals surface area contributed by atoms with Crippen molar-refractivity contribution in [3.8, 4) is 0 Å². The first kappa shape index (κ1) is 10.3. The van der Waals surface area contributed by atoms with Crippen molar-refractivity contribution in [3.63, 3.8) is 0 Å². The van der Waals surface area contributed by atoms with E-state index in [0.717, 1.165) is 0 Å². The molecule has 0 aliphatic heterocycles. The van der Waals surface area contributed by atoms with Gasteiger partial charge in [0.2, 0.25) is 5.67 Å². The molecule has 5 atom stereocenters. The number of carboxylic acid groups (broad SMARTS) is 2. The molecule has 2 saturated carbocycles. The minimum Gasteiger partial charge on any atom is -0.480 e. The Labute approximate surface area is 83.5 Å². The number of hydrogen-bond donors (Lipinski definition) is 4. The van der Waals surface area contributed by atoms with E-state index in [4.69, 9.17) is 15.9 Å². The number of aliphatic hydroxyl groups is 1. The lowest BCUT2D eigenvalue weighted by Crippen LogP contribution is -2.59.